The summed E-state index contributed by atoms with van der Waals surface area (Å²) in [4.78, 5) is 2.68. The largest absolute Gasteiger partial charge is 0.311 e. The van der Waals surface area contributed by atoms with E-state index in [1.54, 1.807) is 0 Å². The van der Waals surface area contributed by atoms with Crippen molar-refractivity contribution in [1.29, 1.82) is 0 Å². The predicted octanol–water partition coefficient (Wildman–Crippen LogP) is 2.74. The highest BCUT2D eigenvalue weighted by molar-refractivity contribution is 4.85. The van der Waals surface area contributed by atoms with Crippen LogP contribution in [0.1, 0.15) is 47.5 Å². The van der Waals surface area contributed by atoms with Gasteiger partial charge in [-0.2, -0.15) is 0 Å². The quantitative estimate of drug-likeness (QED) is 0.775. The van der Waals surface area contributed by atoms with Gasteiger partial charge in [-0.15, -0.1) is 0 Å². The summed E-state index contributed by atoms with van der Waals surface area (Å²) in [7, 11) is 0. The molecule has 1 N–H and O–H groups in total. The van der Waals surface area contributed by atoms with Gasteiger partial charge in [0, 0.05) is 31.7 Å². The van der Waals surface area contributed by atoms with Gasteiger partial charge in [0.15, 0.2) is 0 Å². The van der Waals surface area contributed by atoms with Crippen LogP contribution in [0.15, 0.2) is 0 Å². The molecule has 1 saturated heterocycles. The molecule has 0 aromatic heterocycles. The molecule has 1 fully saturated rings. The van der Waals surface area contributed by atoms with Gasteiger partial charge >= 0.3 is 0 Å². The van der Waals surface area contributed by atoms with Gasteiger partial charge in [-0.25, -0.2) is 0 Å². The van der Waals surface area contributed by atoms with Gasteiger partial charge < -0.3 is 5.32 Å². The lowest BCUT2D eigenvalue weighted by atomic mass is 9.93. The molecule has 96 valence electrons. The highest BCUT2D eigenvalue weighted by atomic mass is 15.2. The summed E-state index contributed by atoms with van der Waals surface area (Å²) in [5, 5.41) is 3.67. The molecule has 2 nitrogen and oxygen atoms in total. The van der Waals surface area contributed by atoms with Crippen LogP contribution in [0, 0.1) is 11.8 Å². The number of rotatable bonds is 5. The standard InChI is InChI=1S/C14H30N2/c1-6-11(3)13(5)16-9-8-15-14(10-16)12(4)7-2/h11-15H,6-10H2,1-5H3. The van der Waals surface area contributed by atoms with Crippen LogP contribution in [-0.2, 0) is 0 Å². The topological polar surface area (TPSA) is 15.3 Å². The molecule has 0 bridgehead atoms. The number of nitrogens with one attached hydrogen (secondary N) is 1. The van der Waals surface area contributed by atoms with Crippen LogP contribution in [0.5, 0.6) is 0 Å². The summed E-state index contributed by atoms with van der Waals surface area (Å²) >= 11 is 0. The van der Waals surface area contributed by atoms with E-state index in [1.807, 2.05) is 0 Å². The fourth-order valence-electron chi connectivity index (χ4n) is 2.54. The third-order valence-electron chi connectivity index (χ3n) is 4.61. The number of nitrogens with zero attached hydrogens (tertiary/aromatic N) is 1. The van der Waals surface area contributed by atoms with E-state index >= 15 is 0 Å². The second-order valence-corrected chi connectivity index (χ2v) is 5.57. The van der Waals surface area contributed by atoms with Crippen LogP contribution in [0.25, 0.3) is 0 Å². The van der Waals surface area contributed by atoms with Crippen molar-refractivity contribution in [3.8, 4) is 0 Å². The molecular formula is C14H30N2. The maximum absolute atomic E-state index is 3.67. The van der Waals surface area contributed by atoms with Crippen LogP contribution in [-0.4, -0.2) is 36.6 Å². The monoisotopic (exact) mass is 226 g/mol. The van der Waals surface area contributed by atoms with Crippen molar-refractivity contribution in [2.45, 2.75) is 59.5 Å². The van der Waals surface area contributed by atoms with Crippen molar-refractivity contribution in [2.24, 2.45) is 11.8 Å². The molecule has 0 aliphatic carbocycles. The summed E-state index contributed by atoms with van der Waals surface area (Å²) < 4.78 is 0. The molecule has 1 heterocycles. The van der Waals surface area contributed by atoms with Crippen LogP contribution in [0.4, 0.5) is 0 Å². The van der Waals surface area contributed by atoms with E-state index in [0.29, 0.717) is 6.04 Å². The van der Waals surface area contributed by atoms with E-state index in [1.165, 1.54) is 25.9 Å². The second-order valence-electron chi connectivity index (χ2n) is 5.57. The van der Waals surface area contributed by atoms with E-state index in [2.05, 4.69) is 44.8 Å². The first kappa shape index (κ1) is 14.0. The molecule has 0 amide bonds. The highest BCUT2D eigenvalue weighted by Gasteiger charge is 2.27. The Morgan fingerprint density at radius 3 is 2.44 bits per heavy atom. The SMILES string of the molecule is CCC(C)C1CN(C(C)C(C)CC)CCN1. The Hall–Kier alpha value is -0.0800. The predicted molar refractivity (Wildman–Crippen MR) is 71.7 cm³/mol. The van der Waals surface area contributed by atoms with Crippen molar-refractivity contribution >= 4 is 0 Å². The molecule has 0 radical (unpaired) electrons. The molecule has 0 spiro atoms. The Bertz CT molecular complexity index is 185. The average molecular weight is 226 g/mol. The Morgan fingerprint density at radius 1 is 1.19 bits per heavy atom. The van der Waals surface area contributed by atoms with Gasteiger partial charge in [0.25, 0.3) is 0 Å². The summed E-state index contributed by atoms with van der Waals surface area (Å²) in [6.45, 7) is 15.4. The van der Waals surface area contributed by atoms with Crippen molar-refractivity contribution in [3.63, 3.8) is 0 Å². The van der Waals surface area contributed by atoms with Gasteiger partial charge in [-0.1, -0.05) is 40.5 Å². The van der Waals surface area contributed by atoms with Crippen LogP contribution in [0.2, 0.25) is 0 Å². The molecule has 1 rings (SSSR count). The fourth-order valence-corrected chi connectivity index (χ4v) is 2.54. The van der Waals surface area contributed by atoms with E-state index in [-0.39, 0.29) is 0 Å². The van der Waals surface area contributed by atoms with Gasteiger partial charge in [0.1, 0.15) is 0 Å². The molecule has 2 heteroatoms. The summed E-state index contributed by atoms with van der Waals surface area (Å²) in [6.07, 6.45) is 2.57. The van der Waals surface area contributed by atoms with Crippen molar-refractivity contribution in [3.05, 3.63) is 0 Å². The Balaban J connectivity index is 2.49. The first-order valence-corrected chi connectivity index (χ1v) is 7.07. The van der Waals surface area contributed by atoms with Crippen molar-refractivity contribution in [2.75, 3.05) is 19.6 Å². The van der Waals surface area contributed by atoms with Crippen LogP contribution >= 0.6 is 0 Å². The van der Waals surface area contributed by atoms with Crippen LogP contribution in [0.3, 0.4) is 0 Å². The molecule has 0 saturated carbocycles. The van der Waals surface area contributed by atoms with Gasteiger partial charge in [-0.3, -0.25) is 4.90 Å². The fraction of sp³-hybridized carbons (Fsp3) is 1.00. The van der Waals surface area contributed by atoms with E-state index < -0.39 is 0 Å². The Morgan fingerprint density at radius 2 is 1.88 bits per heavy atom. The van der Waals surface area contributed by atoms with E-state index in [0.717, 1.165) is 24.4 Å². The molecule has 4 unspecified atom stereocenters. The molecule has 1 aliphatic rings. The third-order valence-corrected chi connectivity index (χ3v) is 4.61. The first-order chi connectivity index (χ1) is 7.60. The van der Waals surface area contributed by atoms with Gasteiger partial charge in [0.2, 0.25) is 0 Å². The van der Waals surface area contributed by atoms with E-state index in [9.17, 15) is 0 Å². The van der Waals surface area contributed by atoms with Gasteiger partial charge in [-0.05, 0) is 18.8 Å². The third kappa shape index (κ3) is 3.46. The minimum atomic E-state index is 0.699. The maximum Gasteiger partial charge on any atom is 0.0221 e. The normalized spacial score (nSPS) is 28.7. The molecule has 0 aromatic rings. The Kier molecular flexibility index (Phi) is 5.77. The van der Waals surface area contributed by atoms with E-state index in [4.69, 9.17) is 0 Å². The zero-order chi connectivity index (χ0) is 12.1. The van der Waals surface area contributed by atoms with Crippen LogP contribution < -0.4 is 5.32 Å². The first-order valence-electron chi connectivity index (χ1n) is 7.07. The molecule has 0 aromatic carbocycles. The number of hydrogen-bond acceptors (Lipinski definition) is 2. The second kappa shape index (κ2) is 6.61. The summed E-state index contributed by atoms with van der Waals surface area (Å²) in [5.41, 5.74) is 0. The lowest BCUT2D eigenvalue weighted by Gasteiger charge is -2.41. The minimum Gasteiger partial charge on any atom is -0.311 e. The molecular weight excluding hydrogens is 196 g/mol. The van der Waals surface area contributed by atoms with Crippen molar-refractivity contribution < 1.29 is 0 Å². The molecule has 16 heavy (non-hydrogen) atoms. The highest BCUT2D eigenvalue weighted by Crippen LogP contribution is 2.19. The minimum absolute atomic E-state index is 0.699. The van der Waals surface area contributed by atoms with Gasteiger partial charge in [0.05, 0.1) is 0 Å². The number of piperazine rings is 1. The lowest BCUT2D eigenvalue weighted by Crippen LogP contribution is -2.56. The maximum atomic E-state index is 3.67. The Labute approximate surface area is 102 Å². The zero-order valence-corrected chi connectivity index (χ0v) is 11.8. The summed E-state index contributed by atoms with van der Waals surface area (Å²) in [6, 6.07) is 1.43. The zero-order valence-electron chi connectivity index (χ0n) is 11.8. The molecule has 4 atom stereocenters. The smallest absolute Gasteiger partial charge is 0.0221 e. The summed E-state index contributed by atoms with van der Waals surface area (Å²) in [5.74, 6) is 1.61. The lowest BCUT2D eigenvalue weighted by molar-refractivity contribution is 0.101. The molecule has 1 aliphatic heterocycles. The van der Waals surface area contributed by atoms with Crippen molar-refractivity contribution in [1.82, 2.24) is 10.2 Å². The average Bonchev–Trinajstić information content (AvgIpc) is 2.36. The number of hydrogen-bond donors (Lipinski definition) is 1.